The largest absolute Gasteiger partial charge is 0.362 e. The number of hydrogen-bond donors (Lipinski definition) is 1. The number of carbonyl (C=O) groups is 1. The standard InChI is InChI=1S/C18H17F3N2O3S/c19-13-3-8-16-12(10-13)2-1-9-23(16)11-17(24)22-14-4-6-15(7-5-14)27(25,26)18(20)21/h3-8,10,18H,1-2,9,11H2,(H,22,24). The van der Waals surface area contributed by atoms with Gasteiger partial charge < -0.3 is 10.2 Å². The lowest BCUT2D eigenvalue weighted by atomic mass is 10.0. The van der Waals surface area contributed by atoms with Crippen molar-refractivity contribution in [2.75, 3.05) is 23.3 Å². The second kappa shape index (κ2) is 7.59. The predicted molar refractivity (Wildman–Crippen MR) is 95.2 cm³/mol. The molecule has 2 aromatic rings. The number of benzene rings is 2. The lowest BCUT2D eigenvalue weighted by Crippen LogP contribution is -2.36. The Hall–Kier alpha value is -2.55. The summed E-state index contributed by atoms with van der Waals surface area (Å²) in [5.41, 5.74) is 1.94. The summed E-state index contributed by atoms with van der Waals surface area (Å²) in [5, 5.41) is 2.60. The van der Waals surface area contributed by atoms with Crippen LogP contribution in [0, 0.1) is 5.82 Å². The van der Waals surface area contributed by atoms with Crippen LogP contribution in [-0.2, 0) is 21.1 Å². The molecule has 0 spiro atoms. The van der Waals surface area contributed by atoms with Gasteiger partial charge in [0.05, 0.1) is 11.4 Å². The van der Waals surface area contributed by atoms with Crippen molar-refractivity contribution in [3.8, 4) is 0 Å². The number of amides is 1. The molecule has 0 atom stereocenters. The normalized spacial score (nSPS) is 14.1. The number of nitrogens with zero attached hydrogens (tertiary/aromatic N) is 1. The first kappa shape index (κ1) is 19.2. The van der Waals surface area contributed by atoms with E-state index in [0.29, 0.717) is 12.2 Å². The quantitative estimate of drug-likeness (QED) is 0.840. The third-order valence-corrected chi connectivity index (χ3v) is 5.69. The van der Waals surface area contributed by atoms with Gasteiger partial charge >= 0.3 is 5.76 Å². The smallest absolute Gasteiger partial charge is 0.341 e. The molecule has 0 fully saturated rings. The molecule has 0 saturated carbocycles. The van der Waals surface area contributed by atoms with Crippen LogP contribution in [0.3, 0.4) is 0 Å². The van der Waals surface area contributed by atoms with E-state index in [2.05, 4.69) is 5.32 Å². The van der Waals surface area contributed by atoms with Gasteiger partial charge in [-0.3, -0.25) is 4.79 Å². The van der Waals surface area contributed by atoms with Crippen molar-refractivity contribution in [3.05, 3.63) is 53.8 Å². The lowest BCUT2D eigenvalue weighted by Gasteiger charge is -2.30. The average molecular weight is 398 g/mol. The van der Waals surface area contributed by atoms with Crippen molar-refractivity contribution in [1.29, 1.82) is 0 Å². The van der Waals surface area contributed by atoms with E-state index >= 15 is 0 Å². The minimum Gasteiger partial charge on any atom is -0.362 e. The zero-order valence-corrected chi connectivity index (χ0v) is 15.0. The molecule has 1 amide bonds. The number of nitrogens with one attached hydrogen (secondary N) is 1. The van der Waals surface area contributed by atoms with Crippen LogP contribution in [0.1, 0.15) is 12.0 Å². The number of fused-ring (bicyclic) bond motifs is 1. The first-order valence-electron chi connectivity index (χ1n) is 8.23. The molecule has 0 unspecified atom stereocenters. The van der Waals surface area contributed by atoms with E-state index in [9.17, 15) is 26.4 Å². The van der Waals surface area contributed by atoms with Gasteiger partial charge in [0, 0.05) is 17.9 Å². The van der Waals surface area contributed by atoms with Crippen molar-refractivity contribution in [1.82, 2.24) is 0 Å². The topological polar surface area (TPSA) is 66.5 Å². The molecule has 0 radical (unpaired) electrons. The summed E-state index contributed by atoms with van der Waals surface area (Å²) in [7, 11) is -4.67. The van der Waals surface area contributed by atoms with Crippen molar-refractivity contribution < 1.29 is 26.4 Å². The maximum Gasteiger partial charge on any atom is 0.341 e. The van der Waals surface area contributed by atoms with Crippen molar-refractivity contribution in [3.63, 3.8) is 0 Å². The molecule has 0 bridgehead atoms. The molecule has 1 aliphatic rings. The van der Waals surface area contributed by atoms with Crippen LogP contribution in [-0.4, -0.2) is 33.2 Å². The van der Waals surface area contributed by atoms with E-state index in [1.165, 1.54) is 24.3 Å². The molecule has 2 aromatic carbocycles. The van der Waals surface area contributed by atoms with E-state index < -0.39 is 20.5 Å². The number of rotatable bonds is 5. The van der Waals surface area contributed by atoms with E-state index in [4.69, 9.17) is 0 Å². The van der Waals surface area contributed by atoms with Gasteiger partial charge in [-0.25, -0.2) is 12.8 Å². The highest BCUT2D eigenvalue weighted by atomic mass is 32.2. The number of aryl methyl sites for hydroxylation is 1. The summed E-state index contributed by atoms with van der Waals surface area (Å²) in [6.45, 7) is 0.688. The SMILES string of the molecule is O=C(CN1CCCc2cc(F)ccc21)Nc1ccc(S(=O)(=O)C(F)F)cc1. The Morgan fingerprint density at radius 3 is 2.52 bits per heavy atom. The third kappa shape index (κ3) is 4.24. The molecule has 1 heterocycles. The number of sulfone groups is 1. The maximum atomic E-state index is 13.4. The van der Waals surface area contributed by atoms with Gasteiger partial charge in [-0.1, -0.05) is 0 Å². The Kier molecular flexibility index (Phi) is 5.41. The summed E-state index contributed by atoms with van der Waals surface area (Å²) in [6, 6.07) is 9.01. The van der Waals surface area contributed by atoms with Crippen molar-refractivity contribution >= 4 is 27.1 Å². The molecule has 1 aliphatic heterocycles. The first-order chi connectivity index (χ1) is 12.8. The summed E-state index contributed by atoms with van der Waals surface area (Å²) in [4.78, 5) is 13.6. The molecule has 144 valence electrons. The highest BCUT2D eigenvalue weighted by molar-refractivity contribution is 7.91. The van der Waals surface area contributed by atoms with E-state index in [1.54, 1.807) is 6.07 Å². The van der Waals surface area contributed by atoms with Crippen LogP contribution in [0.25, 0.3) is 0 Å². The molecule has 3 rings (SSSR count). The molecule has 0 aliphatic carbocycles. The Morgan fingerprint density at radius 2 is 1.85 bits per heavy atom. The van der Waals surface area contributed by atoms with Gasteiger partial charge in [0.2, 0.25) is 15.7 Å². The maximum absolute atomic E-state index is 13.4. The highest BCUT2D eigenvalue weighted by Crippen LogP contribution is 2.27. The Bertz CT molecular complexity index is 947. The van der Waals surface area contributed by atoms with E-state index in [-0.39, 0.29) is 18.3 Å². The van der Waals surface area contributed by atoms with Crippen molar-refractivity contribution in [2.24, 2.45) is 0 Å². The molecular formula is C18H17F3N2O3S. The van der Waals surface area contributed by atoms with Gasteiger partial charge in [0.1, 0.15) is 5.82 Å². The average Bonchev–Trinajstić information content (AvgIpc) is 2.62. The second-order valence-electron chi connectivity index (χ2n) is 6.18. The molecule has 9 heteroatoms. The molecule has 27 heavy (non-hydrogen) atoms. The second-order valence-corrected chi connectivity index (χ2v) is 8.09. The highest BCUT2D eigenvalue weighted by Gasteiger charge is 2.26. The summed E-state index contributed by atoms with van der Waals surface area (Å²) >= 11 is 0. The van der Waals surface area contributed by atoms with Crippen LogP contribution in [0.4, 0.5) is 24.5 Å². The van der Waals surface area contributed by atoms with Gasteiger partial charge in [-0.2, -0.15) is 8.78 Å². The fourth-order valence-electron chi connectivity index (χ4n) is 3.01. The fourth-order valence-corrected chi connectivity index (χ4v) is 3.73. The van der Waals surface area contributed by atoms with Crippen LogP contribution in [0.2, 0.25) is 0 Å². The first-order valence-corrected chi connectivity index (χ1v) is 9.77. The Labute approximate surface area is 154 Å². The van der Waals surface area contributed by atoms with E-state index in [1.807, 2.05) is 4.90 Å². The zero-order chi connectivity index (χ0) is 19.6. The van der Waals surface area contributed by atoms with E-state index in [0.717, 1.165) is 36.2 Å². The van der Waals surface area contributed by atoms with Gasteiger partial charge in [-0.05, 0) is 60.9 Å². The molecule has 0 saturated heterocycles. The van der Waals surface area contributed by atoms with Gasteiger partial charge in [0.25, 0.3) is 0 Å². The molecular weight excluding hydrogens is 381 g/mol. The minimum atomic E-state index is -4.67. The number of carbonyl (C=O) groups excluding carboxylic acids is 1. The molecule has 5 nitrogen and oxygen atoms in total. The number of hydrogen-bond acceptors (Lipinski definition) is 4. The van der Waals surface area contributed by atoms with Crippen LogP contribution in [0.15, 0.2) is 47.4 Å². The van der Waals surface area contributed by atoms with Gasteiger partial charge in [0.15, 0.2) is 0 Å². The monoisotopic (exact) mass is 398 g/mol. The van der Waals surface area contributed by atoms with Crippen LogP contribution < -0.4 is 10.2 Å². The number of halogens is 3. The number of anilines is 2. The van der Waals surface area contributed by atoms with Crippen LogP contribution >= 0.6 is 0 Å². The van der Waals surface area contributed by atoms with Crippen LogP contribution in [0.5, 0.6) is 0 Å². The molecule has 0 aromatic heterocycles. The summed E-state index contributed by atoms with van der Waals surface area (Å²) < 4.78 is 61.2. The minimum absolute atomic E-state index is 0.0374. The predicted octanol–water partition coefficient (Wildman–Crippen LogP) is 3.21. The van der Waals surface area contributed by atoms with Crippen molar-refractivity contribution in [2.45, 2.75) is 23.5 Å². The summed E-state index contributed by atoms with van der Waals surface area (Å²) in [6.07, 6.45) is 1.54. The zero-order valence-electron chi connectivity index (χ0n) is 14.2. The Morgan fingerprint density at radius 1 is 1.15 bits per heavy atom. The summed E-state index contributed by atoms with van der Waals surface area (Å²) in [5.74, 6) is -4.17. The molecule has 1 N–H and O–H groups in total. The number of alkyl halides is 2. The van der Waals surface area contributed by atoms with Gasteiger partial charge in [-0.15, -0.1) is 0 Å². The third-order valence-electron chi connectivity index (χ3n) is 4.29. The fraction of sp³-hybridized carbons (Fsp3) is 0.278. The Balaban J connectivity index is 1.67. The lowest BCUT2D eigenvalue weighted by molar-refractivity contribution is -0.115.